The number of hydrogen-bond acceptors (Lipinski definition) is 5. The van der Waals surface area contributed by atoms with Crippen molar-refractivity contribution in [3.63, 3.8) is 0 Å². The number of alkyl halides is 3. The van der Waals surface area contributed by atoms with Gasteiger partial charge in [-0.05, 0) is 49.7 Å². The highest BCUT2D eigenvalue weighted by atomic mass is 19.4. The van der Waals surface area contributed by atoms with Gasteiger partial charge in [-0.3, -0.25) is 4.79 Å². The van der Waals surface area contributed by atoms with E-state index in [-0.39, 0.29) is 12.2 Å². The fourth-order valence-corrected chi connectivity index (χ4v) is 2.97. The molecule has 0 bridgehead atoms. The molecule has 154 valence electrons. The van der Waals surface area contributed by atoms with Crippen molar-refractivity contribution in [1.29, 1.82) is 0 Å². The van der Waals surface area contributed by atoms with Crippen LogP contribution < -0.4 is 14.4 Å². The van der Waals surface area contributed by atoms with E-state index in [0.29, 0.717) is 11.4 Å². The Balaban J connectivity index is 1.86. The lowest BCUT2D eigenvalue weighted by Gasteiger charge is -2.27. The van der Waals surface area contributed by atoms with Gasteiger partial charge < -0.3 is 14.4 Å². The van der Waals surface area contributed by atoms with Gasteiger partial charge in [-0.15, -0.1) is 13.2 Å². The van der Waals surface area contributed by atoms with E-state index in [0.717, 1.165) is 17.0 Å². The zero-order chi connectivity index (χ0) is 21.4. The molecule has 1 aliphatic heterocycles. The van der Waals surface area contributed by atoms with Crippen molar-refractivity contribution >= 4 is 17.6 Å². The molecule has 3 rings (SSSR count). The lowest BCUT2D eigenvalue weighted by atomic mass is 10.0. The van der Waals surface area contributed by atoms with Crippen LogP contribution in [0.5, 0.6) is 11.6 Å². The number of pyridine rings is 1. The van der Waals surface area contributed by atoms with Gasteiger partial charge in [-0.2, -0.15) is 0 Å². The second-order valence-corrected chi connectivity index (χ2v) is 6.82. The molecule has 10 heteroatoms. The number of carbonyl (C=O) groups excluding carboxylic acids is 2. The smallest absolute Gasteiger partial charge is 0.481 e. The minimum Gasteiger partial charge on any atom is -0.481 e. The summed E-state index contributed by atoms with van der Waals surface area (Å²) in [6, 6.07) is 7.32. The van der Waals surface area contributed by atoms with Crippen molar-refractivity contribution in [2.45, 2.75) is 32.3 Å². The van der Waals surface area contributed by atoms with Gasteiger partial charge in [0.15, 0.2) is 0 Å². The fraction of sp³-hybridized carbons (Fsp3) is 0.316. The number of aromatic nitrogens is 1. The molecule has 0 saturated carbocycles. The number of halogens is 3. The van der Waals surface area contributed by atoms with Crippen molar-refractivity contribution in [3.05, 3.63) is 48.2 Å². The summed E-state index contributed by atoms with van der Waals surface area (Å²) in [5, 5.41) is 0. The maximum atomic E-state index is 13.0. The number of carbonyl (C=O) groups is 2. The molecule has 0 N–H and O–H groups in total. The number of hydrogen-bond donors (Lipinski definition) is 0. The van der Waals surface area contributed by atoms with Crippen LogP contribution in [0.4, 0.5) is 23.7 Å². The summed E-state index contributed by atoms with van der Waals surface area (Å²) in [5.74, 6) is -0.566. The minimum absolute atomic E-state index is 0.127. The molecule has 29 heavy (non-hydrogen) atoms. The first kappa shape index (κ1) is 20.4. The molecule has 0 unspecified atom stereocenters. The van der Waals surface area contributed by atoms with Gasteiger partial charge in [-0.25, -0.2) is 14.7 Å². The zero-order valence-corrected chi connectivity index (χ0v) is 15.9. The Labute approximate surface area is 164 Å². The van der Waals surface area contributed by atoms with Gasteiger partial charge in [0.2, 0.25) is 5.88 Å². The van der Waals surface area contributed by atoms with Crippen LogP contribution in [0.3, 0.4) is 0 Å². The Hall–Kier alpha value is -3.30. The average molecular weight is 409 g/mol. The van der Waals surface area contributed by atoms with Gasteiger partial charge in [0, 0.05) is 18.8 Å². The number of imide groups is 1. The lowest BCUT2D eigenvalue weighted by Crippen LogP contribution is -2.43. The Bertz CT molecular complexity index is 929. The van der Waals surface area contributed by atoms with Crippen molar-refractivity contribution < 1.29 is 32.2 Å². The number of benzene rings is 1. The van der Waals surface area contributed by atoms with Gasteiger partial charge in [0.25, 0.3) is 5.91 Å². The summed E-state index contributed by atoms with van der Waals surface area (Å²) in [6.07, 6.45) is -3.30. The van der Waals surface area contributed by atoms with Crippen LogP contribution in [-0.2, 0) is 11.3 Å². The first-order valence-corrected chi connectivity index (χ1v) is 8.54. The predicted molar refractivity (Wildman–Crippen MR) is 96.4 cm³/mol. The van der Waals surface area contributed by atoms with E-state index < -0.39 is 29.6 Å². The molecule has 3 amide bonds. The van der Waals surface area contributed by atoms with Crippen molar-refractivity contribution in [3.8, 4) is 11.6 Å². The molecule has 1 saturated heterocycles. The largest absolute Gasteiger partial charge is 0.573 e. The Morgan fingerprint density at radius 2 is 1.76 bits per heavy atom. The summed E-state index contributed by atoms with van der Waals surface area (Å²) in [6.45, 7) is 3.34. The molecule has 0 atom stereocenters. The van der Waals surface area contributed by atoms with Gasteiger partial charge in [0.1, 0.15) is 11.3 Å². The molecule has 1 fully saturated rings. The van der Waals surface area contributed by atoms with Crippen LogP contribution in [0.1, 0.15) is 19.4 Å². The molecule has 7 nitrogen and oxygen atoms in total. The Morgan fingerprint density at radius 1 is 1.10 bits per heavy atom. The highest BCUT2D eigenvalue weighted by Crippen LogP contribution is 2.34. The third kappa shape index (κ3) is 4.10. The van der Waals surface area contributed by atoms with E-state index in [9.17, 15) is 22.8 Å². The first-order chi connectivity index (χ1) is 13.5. The molecule has 0 spiro atoms. The number of urea groups is 1. The lowest BCUT2D eigenvalue weighted by molar-refractivity contribution is -0.274. The van der Waals surface area contributed by atoms with E-state index in [1.807, 2.05) is 0 Å². The second kappa shape index (κ2) is 7.26. The summed E-state index contributed by atoms with van der Waals surface area (Å²) in [7, 11) is 1.47. The highest BCUT2D eigenvalue weighted by molar-refractivity contribution is 6.22. The molecule has 2 aromatic rings. The Morgan fingerprint density at radius 3 is 2.34 bits per heavy atom. The van der Waals surface area contributed by atoms with Crippen LogP contribution in [-0.4, -0.2) is 40.8 Å². The maximum Gasteiger partial charge on any atom is 0.573 e. The standard InChI is InChI=1S/C19H18F3N3O4/c1-18(2)16(26)25(13-4-6-14(7-5-13)29-19(20,21)22)17(27)24(18)11-12-8-9-23-15(10-12)28-3/h4-10H,11H2,1-3H3. The summed E-state index contributed by atoms with van der Waals surface area (Å²) in [4.78, 5) is 32.2. The fourth-order valence-electron chi connectivity index (χ4n) is 2.97. The number of nitrogens with zero attached hydrogens (tertiary/aromatic N) is 3. The number of methoxy groups -OCH3 is 1. The Kier molecular flexibility index (Phi) is 5.12. The minimum atomic E-state index is -4.83. The summed E-state index contributed by atoms with van der Waals surface area (Å²) < 4.78 is 45.9. The average Bonchev–Trinajstić information content (AvgIpc) is 2.81. The van der Waals surface area contributed by atoms with E-state index >= 15 is 0 Å². The number of amides is 3. The SMILES string of the molecule is COc1cc(CN2C(=O)N(c3ccc(OC(F)(F)F)cc3)C(=O)C2(C)C)ccn1. The highest BCUT2D eigenvalue weighted by Gasteiger charge is 2.51. The van der Waals surface area contributed by atoms with E-state index in [4.69, 9.17) is 4.74 Å². The van der Waals surface area contributed by atoms with E-state index in [1.165, 1.54) is 30.3 Å². The molecule has 1 aliphatic rings. The van der Waals surface area contributed by atoms with Crippen LogP contribution in [0.15, 0.2) is 42.6 Å². The van der Waals surface area contributed by atoms with Crippen molar-refractivity contribution in [1.82, 2.24) is 9.88 Å². The number of anilines is 1. The van der Waals surface area contributed by atoms with Crippen LogP contribution >= 0.6 is 0 Å². The quantitative estimate of drug-likeness (QED) is 0.704. The van der Waals surface area contributed by atoms with Gasteiger partial charge >= 0.3 is 12.4 Å². The topological polar surface area (TPSA) is 72.0 Å². The molecule has 0 aliphatic carbocycles. The van der Waals surface area contributed by atoms with Crippen LogP contribution in [0.25, 0.3) is 0 Å². The molecule has 0 radical (unpaired) electrons. The summed E-state index contributed by atoms with van der Waals surface area (Å²) >= 11 is 0. The third-order valence-electron chi connectivity index (χ3n) is 4.50. The number of rotatable bonds is 5. The summed E-state index contributed by atoms with van der Waals surface area (Å²) in [5.41, 5.74) is -0.298. The molecule has 2 heterocycles. The van der Waals surface area contributed by atoms with E-state index in [2.05, 4.69) is 9.72 Å². The van der Waals surface area contributed by atoms with Crippen molar-refractivity contribution in [2.24, 2.45) is 0 Å². The van der Waals surface area contributed by atoms with Crippen LogP contribution in [0, 0.1) is 0 Å². The zero-order valence-electron chi connectivity index (χ0n) is 15.9. The van der Waals surface area contributed by atoms with Gasteiger partial charge in [0.05, 0.1) is 12.8 Å². The maximum absolute atomic E-state index is 13.0. The molecular formula is C19H18F3N3O4. The third-order valence-corrected chi connectivity index (χ3v) is 4.50. The number of ether oxygens (including phenoxy) is 2. The monoisotopic (exact) mass is 409 g/mol. The predicted octanol–water partition coefficient (Wildman–Crippen LogP) is 3.74. The van der Waals surface area contributed by atoms with Crippen LogP contribution in [0.2, 0.25) is 0 Å². The molecule has 1 aromatic carbocycles. The first-order valence-electron chi connectivity index (χ1n) is 8.54. The van der Waals surface area contributed by atoms with Gasteiger partial charge in [-0.1, -0.05) is 0 Å². The van der Waals surface area contributed by atoms with Crippen molar-refractivity contribution in [2.75, 3.05) is 12.0 Å². The molecule has 1 aromatic heterocycles. The second-order valence-electron chi connectivity index (χ2n) is 6.82. The molecular weight excluding hydrogens is 391 g/mol. The van der Waals surface area contributed by atoms with E-state index in [1.54, 1.807) is 26.0 Å². The normalized spacial score (nSPS) is 16.3.